The van der Waals surface area contributed by atoms with Crippen molar-refractivity contribution in [3.05, 3.63) is 16.0 Å². The number of ether oxygens (including phenoxy) is 2. The molecule has 0 aromatic carbocycles. The van der Waals surface area contributed by atoms with E-state index in [2.05, 4.69) is 10.6 Å². The Morgan fingerprint density at radius 2 is 1.83 bits per heavy atom. The average Bonchev–Trinajstić information content (AvgIpc) is 3.03. The van der Waals surface area contributed by atoms with Crippen molar-refractivity contribution in [2.24, 2.45) is 11.7 Å². The van der Waals surface area contributed by atoms with Crippen molar-refractivity contribution in [1.29, 1.82) is 0 Å². The minimum Gasteiger partial charge on any atom is -0.462 e. The average molecular weight is 441 g/mol. The van der Waals surface area contributed by atoms with E-state index in [4.69, 9.17) is 15.2 Å². The van der Waals surface area contributed by atoms with Crippen LogP contribution in [-0.4, -0.2) is 61.7 Å². The van der Waals surface area contributed by atoms with Crippen molar-refractivity contribution in [3.8, 4) is 0 Å². The number of amides is 4. The van der Waals surface area contributed by atoms with E-state index >= 15 is 0 Å². The van der Waals surface area contributed by atoms with Gasteiger partial charge in [0.15, 0.2) is 0 Å². The van der Waals surface area contributed by atoms with Gasteiger partial charge in [-0.1, -0.05) is 0 Å². The smallest absolute Gasteiger partial charge is 0.348 e. The zero-order valence-electron chi connectivity index (χ0n) is 17.4. The summed E-state index contributed by atoms with van der Waals surface area (Å²) in [4.78, 5) is 50.3. The van der Waals surface area contributed by atoms with Gasteiger partial charge in [0.1, 0.15) is 9.88 Å². The number of nitrogens with one attached hydrogen (secondary N) is 2. The molecule has 0 radical (unpaired) electrons. The number of anilines is 1. The first-order valence-corrected chi connectivity index (χ1v) is 10.7. The number of piperidine rings is 1. The van der Waals surface area contributed by atoms with Crippen LogP contribution < -0.4 is 16.4 Å². The lowest BCUT2D eigenvalue weighted by Gasteiger charge is -2.32. The third-order valence-corrected chi connectivity index (χ3v) is 5.87. The number of rotatable bonds is 7. The first-order chi connectivity index (χ1) is 14.3. The van der Waals surface area contributed by atoms with Crippen molar-refractivity contribution in [3.63, 3.8) is 0 Å². The van der Waals surface area contributed by atoms with Crippen LogP contribution in [0.3, 0.4) is 0 Å². The summed E-state index contributed by atoms with van der Waals surface area (Å²) in [6, 6.07) is -0.989. The van der Waals surface area contributed by atoms with Gasteiger partial charge in [-0.25, -0.2) is 19.2 Å². The molecule has 2 heterocycles. The molecule has 1 atom stereocenters. The van der Waals surface area contributed by atoms with E-state index in [1.807, 2.05) is 0 Å². The Morgan fingerprint density at radius 1 is 1.17 bits per heavy atom. The molecule has 0 spiro atoms. The van der Waals surface area contributed by atoms with Crippen molar-refractivity contribution < 1.29 is 28.7 Å². The van der Waals surface area contributed by atoms with Crippen LogP contribution in [0.1, 0.15) is 52.3 Å². The van der Waals surface area contributed by atoms with Gasteiger partial charge in [-0.15, -0.1) is 11.3 Å². The third-order valence-electron chi connectivity index (χ3n) is 4.68. The zero-order valence-corrected chi connectivity index (χ0v) is 18.2. The number of nitrogens with zero attached hydrogens (tertiary/aromatic N) is 1. The van der Waals surface area contributed by atoms with Crippen molar-refractivity contribution in [2.45, 2.75) is 33.6 Å². The Labute approximate surface area is 179 Å². The molecule has 1 aromatic heterocycles. The highest BCUT2D eigenvalue weighted by molar-refractivity contribution is 7.18. The lowest BCUT2D eigenvalue weighted by atomic mass is 9.98. The Morgan fingerprint density at radius 3 is 2.47 bits per heavy atom. The van der Waals surface area contributed by atoms with Crippen LogP contribution in [0, 0.1) is 12.8 Å². The minimum absolute atomic E-state index is 0.0849. The molecule has 0 saturated carbocycles. The van der Waals surface area contributed by atoms with E-state index in [1.54, 1.807) is 25.7 Å². The number of esters is 2. The predicted octanol–water partition coefficient (Wildman–Crippen LogP) is 2.32. The molecule has 166 valence electrons. The number of nitrogens with two attached hydrogens (primary N) is 1. The van der Waals surface area contributed by atoms with Crippen LogP contribution in [0.5, 0.6) is 0 Å². The summed E-state index contributed by atoms with van der Waals surface area (Å²) in [5.74, 6) is -1.08. The SMILES string of the molecule is CCOC(=O)c1sc(NC(=O)N2CCC[C@H](CNC(N)=O)C2)c(C(=O)OCC)c1C. The molecular weight excluding hydrogens is 412 g/mol. The van der Waals surface area contributed by atoms with Crippen molar-refractivity contribution in [2.75, 3.05) is 38.2 Å². The Kier molecular flexibility index (Phi) is 8.46. The second kappa shape index (κ2) is 10.8. The van der Waals surface area contributed by atoms with E-state index < -0.39 is 18.0 Å². The summed E-state index contributed by atoms with van der Waals surface area (Å²) in [6.45, 7) is 6.72. The van der Waals surface area contributed by atoms with Crippen molar-refractivity contribution in [1.82, 2.24) is 10.2 Å². The predicted molar refractivity (Wildman–Crippen MR) is 112 cm³/mol. The summed E-state index contributed by atoms with van der Waals surface area (Å²) in [7, 11) is 0. The summed E-state index contributed by atoms with van der Waals surface area (Å²) in [6.07, 6.45) is 1.64. The number of carbonyl (C=O) groups excluding carboxylic acids is 4. The van der Waals surface area contributed by atoms with Crippen LogP contribution in [0.2, 0.25) is 0 Å². The largest absolute Gasteiger partial charge is 0.462 e. The number of carbonyl (C=O) groups is 4. The van der Waals surface area contributed by atoms with E-state index in [1.165, 1.54) is 0 Å². The maximum atomic E-state index is 12.8. The van der Waals surface area contributed by atoms with Crippen LogP contribution in [0.25, 0.3) is 0 Å². The molecule has 4 amide bonds. The molecule has 4 N–H and O–H groups in total. The van der Waals surface area contributed by atoms with E-state index in [-0.39, 0.29) is 40.6 Å². The normalized spacial score (nSPS) is 16.0. The molecule has 0 unspecified atom stereocenters. The quantitative estimate of drug-likeness (QED) is 0.556. The second-order valence-corrected chi connectivity index (χ2v) is 7.85. The summed E-state index contributed by atoms with van der Waals surface area (Å²) in [5.41, 5.74) is 5.68. The summed E-state index contributed by atoms with van der Waals surface area (Å²) < 4.78 is 10.1. The van der Waals surface area contributed by atoms with Gasteiger partial charge >= 0.3 is 24.0 Å². The lowest BCUT2D eigenvalue weighted by molar-refractivity contribution is 0.0527. The Bertz CT molecular complexity index is 809. The number of urea groups is 2. The first kappa shape index (κ1) is 23.5. The monoisotopic (exact) mass is 440 g/mol. The fourth-order valence-corrected chi connectivity index (χ4v) is 4.36. The van der Waals surface area contributed by atoms with Gasteiger partial charge < -0.3 is 25.4 Å². The standard InChI is InChI=1S/C19H28N4O6S/c1-4-28-16(24)13-11(3)14(17(25)29-5-2)30-15(13)22-19(27)23-8-6-7-12(10-23)9-21-18(20)26/h12H,4-10H2,1-3H3,(H,22,27)(H3,20,21,26)/t12-/m1/s1. The van der Waals surface area contributed by atoms with Gasteiger partial charge in [-0.3, -0.25) is 5.32 Å². The van der Waals surface area contributed by atoms with E-state index in [0.717, 1.165) is 24.2 Å². The molecule has 30 heavy (non-hydrogen) atoms. The zero-order chi connectivity index (χ0) is 22.3. The third kappa shape index (κ3) is 5.85. The fraction of sp³-hybridized carbons (Fsp3) is 0.579. The summed E-state index contributed by atoms with van der Waals surface area (Å²) in [5, 5.41) is 5.56. The molecule has 1 aliphatic rings. The van der Waals surface area contributed by atoms with E-state index in [0.29, 0.717) is 25.2 Å². The lowest BCUT2D eigenvalue weighted by Crippen LogP contribution is -2.46. The van der Waals surface area contributed by atoms with Gasteiger partial charge in [0.25, 0.3) is 0 Å². The molecule has 1 aliphatic heterocycles. The maximum Gasteiger partial charge on any atom is 0.348 e. The van der Waals surface area contributed by atoms with Crippen molar-refractivity contribution >= 4 is 40.3 Å². The van der Waals surface area contributed by atoms with Gasteiger partial charge in [-0.05, 0) is 45.1 Å². The Hall–Kier alpha value is -2.82. The molecule has 11 heteroatoms. The van der Waals surface area contributed by atoms with E-state index in [9.17, 15) is 19.2 Å². The first-order valence-electron chi connectivity index (χ1n) is 9.85. The van der Waals surface area contributed by atoms with Crippen LogP contribution >= 0.6 is 11.3 Å². The molecule has 1 saturated heterocycles. The molecule has 0 bridgehead atoms. The second-order valence-electron chi connectivity index (χ2n) is 6.83. The fourth-order valence-electron chi connectivity index (χ4n) is 3.28. The summed E-state index contributed by atoms with van der Waals surface area (Å²) >= 11 is 0.988. The van der Waals surface area contributed by atoms with Gasteiger partial charge in [0.2, 0.25) is 0 Å². The van der Waals surface area contributed by atoms with Crippen LogP contribution in [-0.2, 0) is 9.47 Å². The molecular formula is C19H28N4O6S. The number of likely N-dealkylation sites (tertiary alicyclic amines) is 1. The molecule has 0 aliphatic carbocycles. The highest BCUT2D eigenvalue weighted by atomic mass is 32.1. The highest BCUT2D eigenvalue weighted by Crippen LogP contribution is 2.34. The number of hydrogen-bond donors (Lipinski definition) is 3. The van der Waals surface area contributed by atoms with Crippen LogP contribution in [0.15, 0.2) is 0 Å². The molecule has 2 rings (SSSR count). The molecule has 1 fully saturated rings. The van der Waals surface area contributed by atoms with Gasteiger partial charge in [-0.2, -0.15) is 0 Å². The molecule has 1 aromatic rings. The number of thiophene rings is 1. The molecule has 10 nitrogen and oxygen atoms in total. The Balaban J connectivity index is 2.20. The highest BCUT2D eigenvalue weighted by Gasteiger charge is 2.29. The minimum atomic E-state index is -0.612. The number of primary amides is 1. The number of hydrogen-bond acceptors (Lipinski definition) is 7. The van der Waals surface area contributed by atoms with Gasteiger partial charge in [0, 0.05) is 19.6 Å². The topological polar surface area (TPSA) is 140 Å². The van der Waals surface area contributed by atoms with Crippen LogP contribution in [0.4, 0.5) is 14.6 Å². The van der Waals surface area contributed by atoms with Gasteiger partial charge in [0.05, 0.1) is 18.8 Å². The maximum absolute atomic E-state index is 12.8.